The van der Waals surface area contributed by atoms with Crippen molar-refractivity contribution >= 4 is 21.6 Å². The van der Waals surface area contributed by atoms with Crippen LogP contribution in [0.5, 0.6) is 0 Å². The van der Waals surface area contributed by atoms with Crippen molar-refractivity contribution in [2.24, 2.45) is 0 Å². The lowest BCUT2D eigenvalue weighted by molar-refractivity contribution is -0.137. The normalized spacial score (nSPS) is 16.5. The number of rotatable bonds is 10. The number of hydrogen-bond donors (Lipinski definition) is 2. The highest BCUT2D eigenvalue weighted by molar-refractivity contribution is 7.92. The molecule has 0 spiro atoms. The van der Waals surface area contributed by atoms with Crippen LogP contribution in [-0.2, 0) is 25.7 Å². The van der Waals surface area contributed by atoms with E-state index in [0.29, 0.717) is 32.2 Å². The second kappa shape index (κ2) is 11.0. The van der Waals surface area contributed by atoms with Crippen LogP contribution in [0, 0.1) is 0 Å². The molecule has 2 aromatic rings. The van der Waals surface area contributed by atoms with Gasteiger partial charge in [0.25, 0.3) is 15.9 Å². The van der Waals surface area contributed by atoms with E-state index < -0.39 is 21.8 Å². The summed E-state index contributed by atoms with van der Waals surface area (Å²) in [7, 11) is -4.13. The van der Waals surface area contributed by atoms with Crippen molar-refractivity contribution in [3.8, 4) is 0 Å². The van der Waals surface area contributed by atoms with E-state index in [9.17, 15) is 26.4 Å². The number of amides is 1. The highest BCUT2D eigenvalue weighted by Crippen LogP contribution is 2.31. The van der Waals surface area contributed by atoms with Crippen LogP contribution in [0.3, 0.4) is 0 Å². The summed E-state index contributed by atoms with van der Waals surface area (Å²) in [5, 5.41) is 2.72. The number of carbonyl (C=O) groups excluding carboxylic acids is 1. The van der Waals surface area contributed by atoms with E-state index in [4.69, 9.17) is 9.47 Å². The Morgan fingerprint density at radius 2 is 1.91 bits per heavy atom. The largest absolute Gasteiger partial charge is 0.416 e. The van der Waals surface area contributed by atoms with E-state index >= 15 is 0 Å². The summed E-state index contributed by atoms with van der Waals surface area (Å²) in [6, 6.07) is 9.01. The average molecular weight is 487 g/mol. The molecule has 7 nitrogen and oxygen atoms in total. The quantitative estimate of drug-likeness (QED) is 0.498. The number of nitrogens with one attached hydrogen (secondary N) is 2. The maximum atomic E-state index is 12.8. The van der Waals surface area contributed by atoms with E-state index in [1.807, 2.05) is 0 Å². The van der Waals surface area contributed by atoms with Crippen LogP contribution in [0.2, 0.25) is 0 Å². The number of benzene rings is 2. The number of ether oxygens (including phenoxy) is 2. The summed E-state index contributed by atoms with van der Waals surface area (Å²) in [5.41, 5.74) is -0.923. The Morgan fingerprint density at radius 1 is 1.15 bits per heavy atom. The summed E-state index contributed by atoms with van der Waals surface area (Å²) in [5.74, 6) is -0.371. The summed E-state index contributed by atoms with van der Waals surface area (Å²) in [4.78, 5) is 12.0. The summed E-state index contributed by atoms with van der Waals surface area (Å²) in [6.45, 7) is 2.18. The van der Waals surface area contributed by atoms with Gasteiger partial charge in [-0.25, -0.2) is 8.42 Å². The molecule has 3 rings (SSSR count). The zero-order chi connectivity index (χ0) is 23.9. The zero-order valence-corrected chi connectivity index (χ0v) is 18.5. The minimum atomic E-state index is -4.59. The first-order valence-electron chi connectivity index (χ1n) is 10.4. The lowest BCUT2D eigenvalue weighted by atomic mass is 10.2. The summed E-state index contributed by atoms with van der Waals surface area (Å²) in [6.07, 6.45) is -1.78. The van der Waals surface area contributed by atoms with Gasteiger partial charge in [0.2, 0.25) is 0 Å². The molecule has 0 aliphatic carbocycles. The number of anilines is 1. The lowest BCUT2D eigenvalue weighted by Gasteiger charge is -2.12. The molecule has 0 aromatic heterocycles. The second-order valence-corrected chi connectivity index (χ2v) is 9.21. The molecule has 11 heteroatoms. The molecule has 1 aliphatic heterocycles. The van der Waals surface area contributed by atoms with Crippen molar-refractivity contribution < 1.29 is 35.9 Å². The molecule has 180 valence electrons. The van der Waals surface area contributed by atoms with Gasteiger partial charge in [-0.3, -0.25) is 9.52 Å². The first-order chi connectivity index (χ1) is 15.6. The summed E-state index contributed by atoms with van der Waals surface area (Å²) < 4.78 is 76.6. The van der Waals surface area contributed by atoms with Crippen molar-refractivity contribution in [2.45, 2.75) is 36.4 Å². The number of sulfonamides is 1. The van der Waals surface area contributed by atoms with E-state index in [2.05, 4.69) is 10.0 Å². The Morgan fingerprint density at radius 3 is 2.58 bits per heavy atom. The maximum Gasteiger partial charge on any atom is 0.416 e. The molecular weight excluding hydrogens is 461 g/mol. The van der Waals surface area contributed by atoms with E-state index in [0.717, 1.165) is 31.6 Å². The molecular formula is C22H25F3N2O5S. The van der Waals surface area contributed by atoms with Crippen LogP contribution in [-0.4, -0.2) is 46.8 Å². The van der Waals surface area contributed by atoms with Gasteiger partial charge in [-0.05, 0) is 61.7 Å². The van der Waals surface area contributed by atoms with Gasteiger partial charge in [0.1, 0.15) is 0 Å². The molecule has 0 unspecified atom stereocenters. The van der Waals surface area contributed by atoms with Crippen molar-refractivity contribution in [2.75, 3.05) is 31.1 Å². The number of carbonyl (C=O) groups is 1. The fraction of sp³-hybridized carbons (Fsp3) is 0.409. The van der Waals surface area contributed by atoms with Gasteiger partial charge in [-0.2, -0.15) is 13.2 Å². The average Bonchev–Trinajstić information content (AvgIpc) is 3.29. The van der Waals surface area contributed by atoms with E-state index in [-0.39, 0.29) is 28.2 Å². The van der Waals surface area contributed by atoms with Crippen molar-refractivity contribution in [3.05, 3.63) is 59.7 Å². The molecule has 1 fully saturated rings. The standard InChI is InChI=1S/C22H25F3N2O5S/c23-22(24,25)17-4-1-5-18(14-17)27-33(29,30)20-9-7-16(8-10-20)21(28)26-11-3-12-31-15-19-6-2-13-32-19/h1,4-5,7-10,14,19,27H,2-3,6,11-13,15H2,(H,26,28)/t19-/m1/s1. The zero-order valence-electron chi connectivity index (χ0n) is 17.7. The van der Waals surface area contributed by atoms with Crippen molar-refractivity contribution in [1.29, 1.82) is 0 Å². The predicted octanol–water partition coefficient (Wildman–Crippen LogP) is 3.82. The molecule has 0 bridgehead atoms. The Bertz CT molecular complexity index is 1040. The highest BCUT2D eigenvalue weighted by atomic mass is 32.2. The molecule has 0 saturated carbocycles. The third-order valence-corrected chi connectivity index (χ3v) is 6.34. The SMILES string of the molecule is O=C(NCCCOC[C@H]1CCCO1)c1ccc(S(=O)(=O)Nc2cccc(C(F)(F)F)c2)cc1. The van der Waals surface area contributed by atoms with Gasteiger partial charge in [-0.15, -0.1) is 0 Å². The fourth-order valence-corrected chi connectivity index (χ4v) is 4.28. The summed E-state index contributed by atoms with van der Waals surface area (Å²) >= 11 is 0. The fourth-order valence-electron chi connectivity index (χ4n) is 3.23. The van der Waals surface area contributed by atoms with E-state index in [1.165, 1.54) is 30.3 Å². The Labute approximate surface area is 190 Å². The van der Waals surface area contributed by atoms with Crippen LogP contribution in [0.4, 0.5) is 18.9 Å². The highest BCUT2D eigenvalue weighted by Gasteiger charge is 2.30. The molecule has 1 amide bonds. The van der Waals surface area contributed by atoms with Gasteiger partial charge in [0.15, 0.2) is 0 Å². The molecule has 1 atom stereocenters. The molecule has 2 N–H and O–H groups in total. The van der Waals surface area contributed by atoms with Crippen LogP contribution >= 0.6 is 0 Å². The van der Waals surface area contributed by atoms with Crippen molar-refractivity contribution in [1.82, 2.24) is 5.32 Å². The second-order valence-electron chi connectivity index (χ2n) is 7.53. The predicted molar refractivity (Wildman–Crippen MR) is 115 cm³/mol. The van der Waals surface area contributed by atoms with Crippen LogP contribution in [0.1, 0.15) is 35.2 Å². The number of hydrogen-bond acceptors (Lipinski definition) is 5. The topological polar surface area (TPSA) is 93.7 Å². The number of alkyl halides is 3. The van der Waals surface area contributed by atoms with Crippen LogP contribution in [0.25, 0.3) is 0 Å². The first kappa shape index (κ1) is 25.0. The molecule has 33 heavy (non-hydrogen) atoms. The smallest absolute Gasteiger partial charge is 0.379 e. The minimum absolute atomic E-state index is 0.150. The van der Waals surface area contributed by atoms with Gasteiger partial charge >= 0.3 is 6.18 Å². The van der Waals surface area contributed by atoms with E-state index in [1.54, 1.807) is 0 Å². The molecule has 1 saturated heterocycles. The van der Waals surface area contributed by atoms with Crippen LogP contribution in [0.15, 0.2) is 53.4 Å². The van der Waals surface area contributed by atoms with Crippen molar-refractivity contribution in [3.63, 3.8) is 0 Å². The molecule has 1 heterocycles. The number of halogens is 3. The lowest BCUT2D eigenvalue weighted by Crippen LogP contribution is -2.25. The monoisotopic (exact) mass is 486 g/mol. The minimum Gasteiger partial charge on any atom is -0.379 e. The molecule has 0 radical (unpaired) electrons. The van der Waals surface area contributed by atoms with Crippen LogP contribution < -0.4 is 10.0 Å². The Kier molecular flexibility index (Phi) is 8.33. The third-order valence-electron chi connectivity index (χ3n) is 4.95. The third kappa shape index (κ3) is 7.44. The van der Waals surface area contributed by atoms with Gasteiger partial charge in [0, 0.05) is 31.0 Å². The Balaban J connectivity index is 1.48. The molecule has 2 aromatic carbocycles. The maximum absolute atomic E-state index is 12.8. The van der Waals surface area contributed by atoms with Gasteiger partial charge in [-0.1, -0.05) is 6.07 Å². The molecule has 1 aliphatic rings. The first-order valence-corrected chi connectivity index (χ1v) is 11.9. The Hall–Kier alpha value is -2.63. The van der Waals surface area contributed by atoms with Gasteiger partial charge < -0.3 is 14.8 Å². The van der Waals surface area contributed by atoms with Gasteiger partial charge in [0.05, 0.1) is 23.2 Å².